The predicted molar refractivity (Wildman–Crippen MR) is 61.3 cm³/mol. The van der Waals surface area contributed by atoms with E-state index in [-0.39, 0.29) is 0 Å². The van der Waals surface area contributed by atoms with E-state index < -0.39 is 42.1 Å². The fraction of sp³-hybridized carbons (Fsp3) is 0.917. The van der Waals surface area contributed by atoms with Gasteiger partial charge in [0.2, 0.25) is 6.10 Å². The van der Waals surface area contributed by atoms with Crippen LogP contribution in [-0.2, 0) is 9.53 Å². The lowest BCUT2D eigenvalue weighted by Crippen LogP contribution is -2.47. The summed E-state index contributed by atoms with van der Waals surface area (Å²) in [4.78, 5) is 11.6. The molecule has 0 saturated carbocycles. The molecule has 2 atom stereocenters. The van der Waals surface area contributed by atoms with Gasteiger partial charge in [0, 0.05) is 0 Å². The maximum atomic E-state index is 13.2. The summed E-state index contributed by atoms with van der Waals surface area (Å²) in [5.74, 6) is -5.20. The van der Waals surface area contributed by atoms with Crippen molar-refractivity contribution in [3.05, 3.63) is 0 Å². The zero-order valence-corrected chi connectivity index (χ0v) is 11.7. The van der Waals surface area contributed by atoms with E-state index in [2.05, 4.69) is 0 Å². The zero-order valence-electron chi connectivity index (χ0n) is 11.7. The van der Waals surface area contributed by atoms with Gasteiger partial charge in [-0.1, -0.05) is 6.92 Å². The van der Waals surface area contributed by atoms with Crippen LogP contribution < -0.4 is 0 Å². The summed E-state index contributed by atoms with van der Waals surface area (Å²) in [6.07, 6.45) is -11.7. The van der Waals surface area contributed by atoms with Crippen molar-refractivity contribution in [1.29, 1.82) is 0 Å². The first kappa shape index (κ1) is 19.1. The molecule has 0 fully saturated rings. The third-order valence-corrected chi connectivity index (χ3v) is 3.01. The number of halogens is 5. The lowest BCUT2D eigenvalue weighted by atomic mass is 9.90. The molecule has 120 valence electrons. The highest BCUT2D eigenvalue weighted by Crippen LogP contribution is 2.36. The quantitative estimate of drug-likeness (QED) is 0.605. The molecule has 0 aliphatic carbocycles. The van der Waals surface area contributed by atoms with E-state index in [4.69, 9.17) is 9.84 Å². The number of carbonyl (C=O) groups is 1. The molecule has 0 rings (SSSR count). The van der Waals surface area contributed by atoms with Crippen molar-refractivity contribution in [1.82, 2.24) is 0 Å². The Morgan fingerprint density at radius 2 is 1.65 bits per heavy atom. The number of hydrogen-bond donors (Lipinski definition) is 1. The lowest BCUT2D eigenvalue weighted by molar-refractivity contribution is -0.274. The van der Waals surface area contributed by atoms with Gasteiger partial charge in [-0.05, 0) is 27.2 Å². The standard InChI is InChI=1S/C12H19F5O3/c1-5-10(3,4)9(19)20-7(2)6-11(13,14)8(18)12(15,16)17/h7-8,18H,5-6H2,1-4H3. The van der Waals surface area contributed by atoms with E-state index in [1.54, 1.807) is 6.92 Å². The highest BCUT2D eigenvalue weighted by Gasteiger charge is 2.55. The number of ether oxygens (including phenoxy) is 1. The Hall–Kier alpha value is -0.920. The first-order valence-corrected chi connectivity index (χ1v) is 6.07. The number of alkyl halides is 5. The summed E-state index contributed by atoms with van der Waals surface area (Å²) in [6.45, 7) is 5.81. The van der Waals surface area contributed by atoms with E-state index in [1.165, 1.54) is 13.8 Å². The molecule has 0 aromatic rings. The van der Waals surface area contributed by atoms with Crippen LogP contribution in [0.5, 0.6) is 0 Å². The van der Waals surface area contributed by atoms with Crippen LogP contribution in [0.1, 0.15) is 40.5 Å². The lowest BCUT2D eigenvalue weighted by Gasteiger charge is -2.28. The van der Waals surface area contributed by atoms with Crippen LogP contribution in [0, 0.1) is 5.41 Å². The molecule has 0 heterocycles. The van der Waals surface area contributed by atoms with Gasteiger partial charge in [0.05, 0.1) is 11.8 Å². The van der Waals surface area contributed by atoms with Gasteiger partial charge in [0.15, 0.2) is 0 Å². The van der Waals surface area contributed by atoms with E-state index in [9.17, 15) is 26.7 Å². The highest BCUT2D eigenvalue weighted by molar-refractivity contribution is 5.75. The van der Waals surface area contributed by atoms with Crippen LogP contribution in [0.25, 0.3) is 0 Å². The van der Waals surface area contributed by atoms with Crippen LogP contribution in [0.15, 0.2) is 0 Å². The summed E-state index contributed by atoms with van der Waals surface area (Å²) in [6, 6.07) is 0. The first-order chi connectivity index (χ1) is 8.74. The van der Waals surface area contributed by atoms with Gasteiger partial charge in [0.25, 0.3) is 5.92 Å². The van der Waals surface area contributed by atoms with E-state index in [0.717, 1.165) is 6.92 Å². The number of hydrogen-bond acceptors (Lipinski definition) is 3. The molecule has 0 aromatic carbocycles. The fourth-order valence-corrected chi connectivity index (χ4v) is 1.26. The van der Waals surface area contributed by atoms with Gasteiger partial charge in [0.1, 0.15) is 6.10 Å². The maximum absolute atomic E-state index is 13.2. The average molecular weight is 306 g/mol. The van der Waals surface area contributed by atoms with Crippen molar-refractivity contribution in [3.63, 3.8) is 0 Å². The Balaban J connectivity index is 4.69. The van der Waals surface area contributed by atoms with Crippen LogP contribution in [-0.4, -0.2) is 35.4 Å². The summed E-state index contributed by atoms with van der Waals surface area (Å²) in [7, 11) is 0. The summed E-state index contributed by atoms with van der Waals surface area (Å²) < 4.78 is 67.4. The first-order valence-electron chi connectivity index (χ1n) is 6.07. The second-order valence-electron chi connectivity index (χ2n) is 5.36. The Kier molecular flexibility index (Phi) is 5.95. The fourth-order valence-electron chi connectivity index (χ4n) is 1.26. The second-order valence-corrected chi connectivity index (χ2v) is 5.36. The Morgan fingerprint density at radius 1 is 1.20 bits per heavy atom. The molecule has 0 spiro atoms. The van der Waals surface area contributed by atoms with Gasteiger partial charge in [-0.25, -0.2) is 8.78 Å². The number of carbonyl (C=O) groups excluding carboxylic acids is 1. The van der Waals surface area contributed by atoms with Gasteiger partial charge in [-0.15, -0.1) is 0 Å². The summed E-state index contributed by atoms with van der Waals surface area (Å²) >= 11 is 0. The minimum Gasteiger partial charge on any atom is -0.462 e. The zero-order chi connectivity index (χ0) is 16.4. The number of esters is 1. The number of aliphatic hydroxyl groups is 1. The molecular formula is C12H19F5O3. The second kappa shape index (κ2) is 6.24. The number of aliphatic hydroxyl groups excluding tert-OH is 1. The molecule has 0 aliphatic heterocycles. The molecule has 8 heteroatoms. The van der Waals surface area contributed by atoms with Crippen molar-refractivity contribution in [2.24, 2.45) is 5.41 Å². The smallest absolute Gasteiger partial charge is 0.420 e. The number of rotatable bonds is 6. The maximum Gasteiger partial charge on any atom is 0.420 e. The normalized spacial score (nSPS) is 16.7. The largest absolute Gasteiger partial charge is 0.462 e. The Bertz CT molecular complexity index is 338. The van der Waals surface area contributed by atoms with Gasteiger partial charge in [-0.3, -0.25) is 4.79 Å². The molecule has 0 bridgehead atoms. The molecule has 0 saturated heterocycles. The topological polar surface area (TPSA) is 46.5 Å². The van der Waals surface area contributed by atoms with Gasteiger partial charge in [-0.2, -0.15) is 13.2 Å². The van der Waals surface area contributed by atoms with Gasteiger partial charge >= 0.3 is 12.1 Å². The average Bonchev–Trinajstić information content (AvgIpc) is 2.25. The highest BCUT2D eigenvalue weighted by atomic mass is 19.4. The van der Waals surface area contributed by atoms with Gasteiger partial charge < -0.3 is 9.84 Å². The third-order valence-electron chi connectivity index (χ3n) is 3.01. The molecule has 0 aliphatic rings. The molecule has 2 unspecified atom stereocenters. The summed E-state index contributed by atoms with van der Waals surface area (Å²) in [5.41, 5.74) is -0.911. The third kappa shape index (κ3) is 5.22. The van der Waals surface area contributed by atoms with Crippen molar-refractivity contribution in [3.8, 4) is 0 Å². The van der Waals surface area contributed by atoms with Crippen LogP contribution in [0.4, 0.5) is 22.0 Å². The van der Waals surface area contributed by atoms with E-state index in [0.29, 0.717) is 6.42 Å². The molecular weight excluding hydrogens is 287 g/mol. The molecule has 0 radical (unpaired) electrons. The SMILES string of the molecule is CCC(C)(C)C(=O)OC(C)CC(F)(F)C(O)C(F)(F)F. The van der Waals surface area contributed by atoms with Crippen LogP contribution in [0.3, 0.4) is 0 Å². The summed E-state index contributed by atoms with van der Waals surface area (Å²) in [5, 5.41) is 8.59. The molecule has 1 N–H and O–H groups in total. The van der Waals surface area contributed by atoms with E-state index in [1.807, 2.05) is 0 Å². The van der Waals surface area contributed by atoms with E-state index >= 15 is 0 Å². The van der Waals surface area contributed by atoms with Crippen molar-refractivity contribution >= 4 is 5.97 Å². The molecule has 20 heavy (non-hydrogen) atoms. The Labute approximate surface area is 114 Å². The monoisotopic (exact) mass is 306 g/mol. The minimum atomic E-state index is -5.43. The van der Waals surface area contributed by atoms with Crippen molar-refractivity contribution < 1.29 is 36.6 Å². The van der Waals surface area contributed by atoms with Crippen molar-refractivity contribution in [2.45, 2.75) is 64.8 Å². The van der Waals surface area contributed by atoms with Crippen LogP contribution in [0.2, 0.25) is 0 Å². The molecule has 3 nitrogen and oxygen atoms in total. The minimum absolute atomic E-state index is 0.389. The predicted octanol–water partition coefficient (Wildman–Crippen LogP) is 3.30. The van der Waals surface area contributed by atoms with Crippen molar-refractivity contribution in [2.75, 3.05) is 0 Å². The molecule has 0 aromatic heterocycles. The van der Waals surface area contributed by atoms with Crippen LogP contribution >= 0.6 is 0 Å². The molecule has 0 amide bonds. The Morgan fingerprint density at radius 3 is 2.00 bits per heavy atom.